The molecule has 3 rings (SSSR count). The molecule has 1 aromatic carbocycles. The van der Waals surface area contributed by atoms with E-state index in [1.54, 1.807) is 16.9 Å². The predicted octanol–water partition coefficient (Wildman–Crippen LogP) is 4.72. The molecule has 0 atom stereocenters. The Hall–Kier alpha value is -1.62. The highest BCUT2D eigenvalue weighted by Gasteiger charge is 2.13. The summed E-state index contributed by atoms with van der Waals surface area (Å²) in [5.41, 5.74) is 1.60. The van der Waals surface area contributed by atoms with Crippen LogP contribution in [0.4, 0.5) is 11.4 Å². The molecule has 122 valence electrons. The summed E-state index contributed by atoms with van der Waals surface area (Å²) in [4.78, 5) is 12.2. The van der Waals surface area contributed by atoms with E-state index in [1.165, 1.54) is 32.1 Å². The Morgan fingerprint density at radius 3 is 2.74 bits per heavy atom. The Labute approximate surface area is 145 Å². The van der Waals surface area contributed by atoms with Gasteiger partial charge in [-0.1, -0.05) is 44.2 Å². The maximum absolute atomic E-state index is 12.2. The standard InChI is InChI=1S/C18H22BrN3O/c19-16-8-4-5-9-17(16)21-15-12-18(23)22(20-13-15)11-10-14-6-2-1-3-7-14/h4-5,8-9,12-14,21H,1-3,6-7,10-11H2. The Kier molecular flexibility index (Phi) is 5.49. The molecular formula is C18H22BrN3O. The Bertz CT molecular complexity index is 707. The second-order valence-corrected chi connectivity index (χ2v) is 7.06. The van der Waals surface area contributed by atoms with Gasteiger partial charge in [-0.25, -0.2) is 4.68 Å². The van der Waals surface area contributed by atoms with Crippen molar-refractivity contribution in [2.45, 2.75) is 45.1 Å². The van der Waals surface area contributed by atoms with Gasteiger partial charge in [-0.15, -0.1) is 0 Å². The minimum Gasteiger partial charge on any atom is -0.353 e. The summed E-state index contributed by atoms with van der Waals surface area (Å²) in [5, 5.41) is 7.54. The number of rotatable bonds is 5. The van der Waals surface area contributed by atoms with Crippen molar-refractivity contribution < 1.29 is 0 Å². The molecule has 0 unspecified atom stereocenters. The van der Waals surface area contributed by atoms with Crippen molar-refractivity contribution in [1.29, 1.82) is 0 Å². The van der Waals surface area contributed by atoms with Gasteiger partial charge in [0.2, 0.25) is 0 Å². The molecule has 1 saturated carbocycles. The summed E-state index contributed by atoms with van der Waals surface area (Å²) in [6.45, 7) is 0.721. The molecule has 0 radical (unpaired) electrons. The number of nitrogens with zero attached hydrogens (tertiary/aromatic N) is 2. The molecule has 0 spiro atoms. The van der Waals surface area contributed by atoms with Crippen molar-refractivity contribution in [1.82, 2.24) is 9.78 Å². The maximum atomic E-state index is 12.2. The molecule has 0 saturated heterocycles. The van der Waals surface area contributed by atoms with Crippen LogP contribution in [-0.4, -0.2) is 9.78 Å². The second kappa shape index (κ2) is 7.77. The summed E-state index contributed by atoms with van der Waals surface area (Å²) in [6.07, 6.45) is 9.42. The van der Waals surface area contributed by atoms with Crippen LogP contribution < -0.4 is 10.9 Å². The second-order valence-electron chi connectivity index (χ2n) is 6.20. The third kappa shape index (κ3) is 4.44. The highest BCUT2D eigenvalue weighted by Crippen LogP contribution is 2.26. The zero-order chi connectivity index (χ0) is 16.1. The molecule has 1 aliphatic carbocycles. The zero-order valence-corrected chi connectivity index (χ0v) is 14.8. The number of aryl methyl sites for hydroxylation is 1. The van der Waals surface area contributed by atoms with E-state index < -0.39 is 0 Å². The van der Waals surface area contributed by atoms with Crippen molar-refractivity contribution in [3.05, 3.63) is 51.4 Å². The van der Waals surface area contributed by atoms with Gasteiger partial charge in [0.1, 0.15) is 0 Å². The van der Waals surface area contributed by atoms with Crippen LogP contribution in [0.1, 0.15) is 38.5 Å². The van der Waals surface area contributed by atoms with Gasteiger partial charge in [-0.2, -0.15) is 5.10 Å². The van der Waals surface area contributed by atoms with E-state index in [-0.39, 0.29) is 5.56 Å². The zero-order valence-electron chi connectivity index (χ0n) is 13.2. The number of para-hydroxylation sites is 1. The van der Waals surface area contributed by atoms with E-state index in [0.29, 0.717) is 0 Å². The fourth-order valence-electron chi connectivity index (χ4n) is 3.17. The van der Waals surface area contributed by atoms with E-state index >= 15 is 0 Å². The molecule has 2 aromatic rings. The van der Waals surface area contributed by atoms with Crippen LogP contribution in [0.25, 0.3) is 0 Å². The minimum atomic E-state index is -0.0436. The van der Waals surface area contributed by atoms with Crippen LogP contribution in [0, 0.1) is 5.92 Å². The third-order valence-electron chi connectivity index (χ3n) is 4.50. The first-order chi connectivity index (χ1) is 11.2. The van der Waals surface area contributed by atoms with Crippen molar-refractivity contribution in [2.24, 2.45) is 5.92 Å². The number of anilines is 2. The van der Waals surface area contributed by atoms with E-state index in [1.807, 2.05) is 24.3 Å². The Morgan fingerprint density at radius 2 is 2.00 bits per heavy atom. The summed E-state index contributed by atoms with van der Waals surface area (Å²) < 4.78 is 2.54. The van der Waals surface area contributed by atoms with Gasteiger partial charge < -0.3 is 5.32 Å². The minimum absolute atomic E-state index is 0.0436. The van der Waals surface area contributed by atoms with E-state index in [2.05, 4.69) is 26.3 Å². The maximum Gasteiger partial charge on any atom is 0.268 e. The highest BCUT2D eigenvalue weighted by molar-refractivity contribution is 9.10. The molecular weight excluding hydrogens is 354 g/mol. The molecule has 5 heteroatoms. The lowest BCUT2D eigenvalue weighted by Gasteiger charge is -2.21. The first-order valence-electron chi connectivity index (χ1n) is 8.31. The van der Waals surface area contributed by atoms with Crippen LogP contribution in [0.5, 0.6) is 0 Å². The lowest BCUT2D eigenvalue weighted by Crippen LogP contribution is -2.24. The summed E-state index contributed by atoms with van der Waals surface area (Å²) in [5.74, 6) is 0.760. The highest BCUT2D eigenvalue weighted by atomic mass is 79.9. The SMILES string of the molecule is O=c1cc(Nc2ccccc2Br)cnn1CCC1CCCCC1. The number of halogens is 1. The van der Waals surface area contributed by atoms with Crippen LogP contribution in [0.3, 0.4) is 0 Å². The smallest absolute Gasteiger partial charge is 0.268 e. The topological polar surface area (TPSA) is 46.9 Å². The predicted molar refractivity (Wildman–Crippen MR) is 97.1 cm³/mol. The van der Waals surface area contributed by atoms with Crippen LogP contribution in [0.15, 0.2) is 45.8 Å². The quantitative estimate of drug-likeness (QED) is 0.822. The van der Waals surface area contributed by atoms with Crippen molar-refractivity contribution in [3.8, 4) is 0 Å². The van der Waals surface area contributed by atoms with Crippen LogP contribution >= 0.6 is 15.9 Å². The third-order valence-corrected chi connectivity index (χ3v) is 5.19. The first-order valence-corrected chi connectivity index (χ1v) is 9.10. The fourth-order valence-corrected chi connectivity index (χ4v) is 3.55. The normalized spacial score (nSPS) is 15.5. The number of benzene rings is 1. The molecule has 0 bridgehead atoms. The van der Waals surface area contributed by atoms with Crippen molar-refractivity contribution >= 4 is 27.3 Å². The van der Waals surface area contributed by atoms with Gasteiger partial charge in [0.15, 0.2) is 0 Å². The van der Waals surface area contributed by atoms with Gasteiger partial charge in [-0.05, 0) is 40.4 Å². The number of aromatic nitrogens is 2. The molecule has 23 heavy (non-hydrogen) atoms. The molecule has 1 fully saturated rings. The van der Waals surface area contributed by atoms with Crippen LogP contribution in [-0.2, 0) is 6.54 Å². The number of hydrogen-bond acceptors (Lipinski definition) is 3. The van der Waals surface area contributed by atoms with Crippen LogP contribution in [0.2, 0.25) is 0 Å². The molecule has 1 heterocycles. The number of hydrogen-bond donors (Lipinski definition) is 1. The Balaban J connectivity index is 1.63. The number of nitrogens with one attached hydrogen (secondary N) is 1. The largest absolute Gasteiger partial charge is 0.353 e. The average molecular weight is 376 g/mol. The van der Waals surface area contributed by atoms with E-state index in [4.69, 9.17) is 0 Å². The fraction of sp³-hybridized carbons (Fsp3) is 0.444. The average Bonchev–Trinajstić information content (AvgIpc) is 2.57. The monoisotopic (exact) mass is 375 g/mol. The lowest BCUT2D eigenvalue weighted by molar-refractivity contribution is 0.316. The van der Waals surface area contributed by atoms with Gasteiger partial charge >= 0.3 is 0 Å². The summed E-state index contributed by atoms with van der Waals surface area (Å²) >= 11 is 3.49. The molecule has 4 nitrogen and oxygen atoms in total. The summed E-state index contributed by atoms with van der Waals surface area (Å²) in [6, 6.07) is 9.44. The first kappa shape index (κ1) is 16.2. The van der Waals surface area contributed by atoms with E-state index in [0.717, 1.165) is 34.7 Å². The lowest BCUT2D eigenvalue weighted by atomic mass is 9.87. The van der Waals surface area contributed by atoms with Gasteiger partial charge in [0, 0.05) is 17.1 Å². The molecule has 1 N–H and O–H groups in total. The molecule has 0 amide bonds. The molecule has 1 aliphatic rings. The van der Waals surface area contributed by atoms with Gasteiger partial charge in [-0.3, -0.25) is 4.79 Å². The van der Waals surface area contributed by atoms with E-state index in [9.17, 15) is 4.79 Å². The molecule has 0 aliphatic heterocycles. The molecule has 1 aromatic heterocycles. The van der Waals surface area contributed by atoms with Crippen molar-refractivity contribution in [2.75, 3.05) is 5.32 Å². The summed E-state index contributed by atoms with van der Waals surface area (Å²) in [7, 11) is 0. The Morgan fingerprint density at radius 1 is 1.22 bits per heavy atom. The van der Waals surface area contributed by atoms with Gasteiger partial charge in [0.25, 0.3) is 5.56 Å². The van der Waals surface area contributed by atoms with Crippen molar-refractivity contribution in [3.63, 3.8) is 0 Å². The van der Waals surface area contributed by atoms with Gasteiger partial charge in [0.05, 0.1) is 17.6 Å².